The standard InChI is InChI=1S/C51H57N5O18/c1-23(53-49(69)31-13-15-56(31)35(59)16-25-9-11-26(12-10-25)17-37(61)62)48(68)52-21-36(60)55-14-5-7-30(55)50(70)54-29-18-38(73-24(2)43(29)63)74-33-20-51(71,34(58)22-57)19-28-40(33)47(67)42-41(45(28)65)44(64)27-6-4-8-32(72-3)39(27)46(42)66/h4,6,8-12,23-24,29-31,33,38,43,57,63,65,67,71H,5,7,13-22H2,1-3H3,(H,52,68)(H,53,69)(H,54,70)(H,61,62)/t23-,24?,29?,30-,31-,33-,38?,43?,51-/m0/s1. The number of carbonyl (C=O) groups excluding carboxylic acids is 8. The number of hydrogen-bond donors (Lipinski definition) is 9. The predicted octanol–water partition coefficient (Wildman–Crippen LogP) is -0.759. The predicted molar refractivity (Wildman–Crippen MR) is 253 cm³/mol. The number of carboxylic acid groups (broad SMARTS) is 1. The van der Waals surface area contributed by atoms with Crippen LogP contribution >= 0.6 is 0 Å². The zero-order chi connectivity index (χ0) is 53.5. The van der Waals surface area contributed by atoms with Gasteiger partial charge in [0.15, 0.2) is 17.9 Å². The number of phenolic OH excluding ortho intramolecular Hbond substituents is 2. The first kappa shape index (κ1) is 53.0. The number of aliphatic hydroxyl groups excluding tert-OH is 2. The van der Waals surface area contributed by atoms with Crippen molar-refractivity contribution >= 4 is 52.9 Å². The van der Waals surface area contributed by atoms with Gasteiger partial charge in [0.25, 0.3) is 0 Å². The summed E-state index contributed by atoms with van der Waals surface area (Å²) in [5.41, 5.74) is -3.23. The topological polar surface area (TPSA) is 345 Å². The van der Waals surface area contributed by atoms with Crippen molar-refractivity contribution in [2.75, 3.05) is 33.4 Å². The van der Waals surface area contributed by atoms with Crippen molar-refractivity contribution in [3.63, 3.8) is 0 Å². The molecule has 3 fully saturated rings. The van der Waals surface area contributed by atoms with E-state index in [2.05, 4.69) is 16.0 Å². The minimum absolute atomic E-state index is 0.0165. The minimum atomic E-state index is -2.42. The maximum absolute atomic E-state index is 14.1. The molecule has 0 spiro atoms. The molecule has 0 saturated carbocycles. The molecule has 0 aromatic heterocycles. The molecule has 9 N–H and O–H groups in total. The highest BCUT2D eigenvalue weighted by atomic mass is 16.7. The lowest BCUT2D eigenvalue weighted by Gasteiger charge is -2.43. The van der Waals surface area contributed by atoms with Gasteiger partial charge in [-0.2, -0.15) is 0 Å². The van der Waals surface area contributed by atoms with Gasteiger partial charge >= 0.3 is 5.97 Å². The van der Waals surface area contributed by atoms with Crippen molar-refractivity contribution in [2.24, 2.45) is 0 Å². The van der Waals surface area contributed by atoms with Crippen LogP contribution in [0.5, 0.6) is 17.2 Å². The van der Waals surface area contributed by atoms with Gasteiger partial charge in [0.1, 0.15) is 53.7 Å². The van der Waals surface area contributed by atoms with Gasteiger partial charge in [0.2, 0.25) is 35.3 Å². The normalized spacial score (nSPS) is 25.4. The van der Waals surface area contributed by atoms with Crippen molar-refractivity contribution in [1.29, 1.82) is 0 Å². The van der Waals surface area contributed by atoms with E-state index >= 15 is 0 Å². The smallest absolute Gasteiger partial charge is 0.307 e. The van der Waals surface area contributed by atoms with Crippen molar-refractivity contribution in [2.45, 2.75) is 120 Å². The molecule has 3 saturated heterocycles. The van der Waals surface area contributed by atoms with E-state index in [-0.39, 0.29) is 66.1 Å². The molecule has 2 aliphatic carbocycles. The van der Waals surface area contributed by atoms with Gasteiger partial charge in [0, 0.05) is 49.0 Å². The average molecular weight is 1030 g/mol. The summed E-state index contributed by atoms with van der Waals surface area (Å²) in [6.45, 7) is 1.69. The molecule has 3 aliphatic heterocycles. The highest BCUT2D eigenvalue weighted by Gasteiger charge is 2.51. The van der Waals surface area contributed by atoms with E-state index in [0.717, 1.165) is 0 Å². The fourth-order valence-corrected chi connectivity index (χ4v) is 10.5. The summed E-state index contributed by atoms with van der Waals surface area (Å²) in [7, 11) is 1.28. The molecule has 5 amide bonds. The highest BCUT2D eigenvalue weighted by molar-refractivity contribution is 6.31. The lowest BCUT2D eigenvalue weighted by Crippen LogP contribution is -2.61. The number of nitrogens with zero attached hydrogens (tertiary/aromatic N) is 2. The molecule has 394 valence electrons. The van der Waals surface area contributed by atoms with Crippen molar-refractivity contribution in [1.82, 2.24) is 25.8 Å². The quantitative estimate of drug-likeness (QED) is 0.0623. The molecule has 5 aliphatic rings. The molecule has 0 bridgehead atoms. The number of amides is 5. The van der Waals surface area contributed by atoms with E-state index in [0.29, 0.717) is 30.5 Å². The third-order valence-electron chi connectivity index (χ3n) is 14.5. The summed E-state index contributed by atoms with van der Waals surface area (Å²) >= 11 is 0. The zero-order valence-electron chi connectivity index (χ0n) is 40.6. The van der Waals surface area contributed by atoms with Crippen LogP contribution in [0, 0.1) is 0 Å². The highest BCUT2D eigenvalue weighted by Crippen LogP contribution is 2.52. The van der Waals surface area contributed by atoms with Crippen LogP contribution in [-0.4, -0.2) is 175 Å². The molecule has 3 heterocycles. The first-order valence-electron chi connectivity index (χ1n) is 24.2. The Morgan fingerprint density at radius 3 is 2.18 bits per heavy atom. The number of hydrogen-bond acceptors (Lipinski definition) is 17. The lowest BCUT2D eigenvalue weighted by atomic mass is 9.72. The Labute approximate surface area is 422 Å². The van der Waals surface area contributed by atoms with Crippen molar-refractivity contribution in [3.05, 3.63) is 87.0 Å². The van der Waals surface area contributed by atoms with Gasteiger partial charge in [0.05, 0.1) is 61.4 Å². The molecule has 74 heavy (non-hydrogen) atoms. The molecule has 23 heteroatoms. The molecular weight excluding hydrogens is 971 g/mol. The first-order chi connectivity index (χ1) is 35.2. The van der Waals surface area contributed by atoms with E-state index in [4.69, 9.17) is 19.3 Å². The van der Waals surface area contributed by atoms with E-state index in [1.165, 1.54) is 49.0 Å². The third-order valence-corrected chi connectivity index (χ3v) is 14.5. The second-order valence-electron chi connectivity index (χ2n) is 19.3. The van der Waals surface area contributed by atoms with Gasteiger partial charge in [-0.15, -0.1) is 0 Å². The lowest BCUT2D eigenvalue weighted by molar-refractivity contribution is -0.249. The fourth-order valence-electron chi connectivity index (χ4n) is 10.5. The van der Waals surface area contributed by atoms with E-state index < -0.39 is 150 Å². The van der Waals surface area contributed by atoms with Gasteiger partial charge in [-0.3, -0.25) is 43.2 Å². The number of Topliss-reactive ketones (excluding diaryl/α,β-unsaturated/α-hetero) is 1. The first-order valence-corrected chi connectivity index (χ1v) is 24.2. The Hall–Kier alpha value is -7.31. The van der Waals surface area contributed by atoms with Gasteiger partial charge in [-0.05, 0) is 50.3 Å². The van der Waals surface area contributed by atoms with Crippen LogP contribution in [-0.2, 0) is 62.3 Å². The number of nitrogens with one attached hydrogen (secondary N) is 3. The number of carbonyl (C=O) groups is 9. The SMILES string of the molecule is COc1cccc2c1C(=O)c1c(O)c3c(c(O)c1C2=O)C[C@@](O)(C(=O)CO)C[C@@H]3OC1CC(NC(=O)[C@@H]2CCCN2C(=O)CNC(=O)[C@H](C)NC(=O)[C@@H]2CCN2C(=O)Cc2ccc(CC(=O)O)cc2)C(O)C(C)O1. The number of phenols is 2. The number of ketones is 3. The number of carboxylic acids is 1. The number of benzene rings is 3. The Bertz CT molecular complexity index is 2820. The van der Waals surface area contributed by atoms with Crippen molar-refractivity contribution < 1.29 is 88.0 Å². The van der Waals surface area contributed by atoms with Gasteiger partial charge in [-0.25, -0.2) is 0 Å². The van der Waals surface area contributed by atoms with Crippen LogP contribution in [0.4, 0.5) is 0 Å². The minimum Gasteiger partial charge on any atom is -0.507 e. The average Bonchev–Trinajstić information content (AvgIpc) is 3.85. The second-order valence-corrected chi connectivity index (χ2v) is 19.3. The Balaban J connectivity index is 0.893. The largest absolute Gasteiger partial charge is 0.507 e. The van der Waals surface area contributed by atoms with E-state index in [9.17, 15) is 68.7 Å². The van der Waals surface area contributed by atoms with Crippen LogP contribution in [0.1, 0.15) is 106 Å². The number of aliphatic hydroxyl groups is 3. The maximum atomic E-state index is 14.1. The van der Waals surface area contributed by atoms with Crippen LogP contribution in [0.2, 0.25) is 0 Å². The molecule has 3 aromatic carbocycles. The second kappa shape index (κ2) is 21.3. The van der Waals surface area contributed by atoms with Gasteiger partial charge < -0.3 is 70.6 Å². The molecule has 0 radical (unpaired) electrons. The summed E-state index contributed by atoms with van der Waals surface area (Å²) < 4.78 is 17.6. The van der Waals surface area contributed by atoms with Crippen LogP contribution < -0.4 is 20.7 Å². The molecule has 9 atom stereocenters. The van der Waals surface area contributed by atoms with E-state index in [1.54, 1.807) is 24.3 Å². The summed E-state index contributed by atoms with van der Waals surface area (Å²) in [6, 6.07) is 6.69. The van der Waals surface area contributed by atoms with E-state index in [1.807, 2.05) is 0 Å². The summed E-state index contributed by atoms with van der Waals surface area (Å²) in [4.78, 5) is 121. The number of rotatable bonds is 16. The number of fused-ring (bicyclic) bond motifs is 3. The number of likely N-dealkylation sites (tertiary alicyclic amines) is 2. The third kappa shape index (κ3) is 10.2. The van der Waals surface area contributed by atoms with Crippen LogP contribution in [0.15, 0.2) is 42.5 Å². The number of aliphatic carboxylic acids is 1. The monoisotopic (exact) mass is 1030 g/mol. The Morgan fingerprint density at radius 1 is 0.865 bits per heavy atom. The number of aromatic hydroxyl groups is 2. The summed E-state index contributed by atoms with van der Waals surface area (Å²) in [6.07, 6.45) is -6.13. The number of methoxy groups -OCH3 is 1. The number of ether oxygens (including phenoxy) is 3. The molecule has 3 aromatic rings. The Morgan fingerprint density at radius 2 is 1.53 bits per heavy atom. The zero-order valence-corrected chi connectivity index (χ0v) is 40.6. The van der Waals surface area contributed by atoms with Gasteiger partial charge in [-0.1, -0.05) is 36.4 Å². The molecule has 8 rings (SSSR count). The molecule has 4 unspecified atom stereocenters. The summed E-state index contributed by atoms with van der Waals surface area (Å²) in [5.74, 6) is -8.22. The maximum Gasteiger partial charge on any atom is 0.307 e. The van der Waals surface area contributed by atoms with Crippen molar-refractivity contribution in [3.8, 4) is 17.2 Å². The Kier molecular flexibility index (Phi) is 15.2. The molecular formula is C51H57N5O18. The van der Waals surface area contributed by atoms with Crippen LogP contribution in [0.3, 0.4) is 0 Å². The molecule has 23 nitrogen and oxygen atoms in total. The summed E-state index contributed by atoms with van der Waals surface area (Å²) in [5, 5.41) is 73.2. The van der Waals surface area contributed by atoms with Crippen LogP contribution in [0.25, 0.3) is 0 Å². The fraction of sp³-hybridized carbons (Fsp3) is 0.471.